The summed E-state index contributed by atoms with van der Waals surface area (Å²) >= 11 is 3.35. The summed E-state index contributed by atoms with van der Waals surface area (Å²) < 4.78 is 28.2. The van der Waals surface area contributed by atoms with E-state index >= 15 is 0 Å². The highest BCUT2D eigenvalue weighted by molar-refractivity contribution is 9.10. The predicted molar refractivity (Wildman–Crippen MR) is 81.5 cm³/mol. The van der Waals surface area contributed by atoms with Crippen LogP contribution < -0.4 is 10.5 Å². The molecule has 0 amide bonds. The molecular formula is C13H21BrN2O2S. The van der Waals surface area contributed by atoms with Gasteiger partial charge in [-0.1, -0.05) is 19.9 Å². The molecule has 4 nitrogen and oxygen atoms in total. The van der Waals surface area contributed by atoms with Gasteiger partial charge in [0.25, 0.3) is 0 Å². The van der Waals surface area contributed by atoms with Crippen LogP contribution in [0.4, 0.5) is 0 Å². The molecule has 0 aliphatic heterocycles. The highest BCUT2D eigenvalue weighted by Gasteiger charge is 2.22. The van der Waals surface area contributed by atoms with Crippen LogP contribution in [0.2, 0.25) is 0 Å². The maximum Gasteiger partial charge on any atom is 0.241 e. The Morgan fingerprint density at radius 3 is 2.37 bits per heavy atom. The van der Waals surface area contributed by atoms with E-state index < -0.39 is 10.0 Å². The van der Waals surface area contributed by atoms with Gasteiger partial charge in [0.2, 0.25) is 10.0 Å². The summed E-state index contributed by atoms with van der Waals surface area (Å²) in [7, 11) is -3.52. The summed E-state index contributed by atoms with van der Waals surface area (Å²) in [6.45, 7) is 6.11. The van der Waals surface area contributed by atoms with Crippen molar-refractivity contribution in [2.75, 3.05) is 0 Å². The Morgan fingerprint density at radius 2 is 1.89 bits per heavy atom. The van der Waals surface area contributed by atoms with E-state index in [9.17, 15) is 8.42 Å². The normalized spacial score (nSPS) is 12.1. The third kappa shape index (κ3) is 4.02. The minimum absolute atomic E-state index is 0.0428. The maximum atomic E-state index is 12.4. The Morgan fingerprint density at radius 1 is 1.32 bits per heavy atom. The first-order valence-electron chi connectivity index (χ1n) is 6.37. The third-order valence-corrected chi connectivity index (χ3v) is 5.97. The lowest BCUT2D eigenvalue weighted by atomic mass is 10.1. The molecule has 0 saturated carbocycles. The van der Waals surface area contributed by atoms with Gasteiger partial charge >= 0.3 is 0 Å². The predicted octanol–water partition coefficient (Wildman–Crippen LogP) is 2.68. The average Bonchev–Trinajstić information content (AvgIpc) is 2.38. The molecule has 6 heteroatoms. The third-order valence-electron chi connectivity index (χ3n) is 3.11. The molecule has 0 aromatic heterocycles. The van der Waals surface area contributed by atoms with E-state index in [0.29, 0.717) is 11.0 Å². The van der Waals surface area contributed by atoms with Crippen LogP contribution in [0.1, 0.15) is 37.8 Å². The van der Waals surface area contributed by atoms with Gasteiger partial charge in [0.1, 0.15) is 0 Å². The van der Waals surface area contributed by atoms with Crippen molar-refractivity contribution in [3.05, 3.63) is 27.7 Å². The van der Waals surface area contributed by atoms with Crippen molar-refractivity contribution in [2.45, 2.75) is 51.1 Å². The molecule has 108 valence electrons. The van der Waals surface area contributed by atoms with Crippen molar-refractivity contribution < 1.29 is 8.42 Å². The van der Waals surface area contributed by atoms with E-state index in [-0.39, 0.29) is 10.9 Å². The van der Waals surface area contributed by atoms with Crippen molar-refractivity contribution in [1.29, 1.82) is 0 Å². The molecule has 0 aliphatic rings. The second-order valence-corrected chi connectivity index (χ2v) is 7.04. The summed E-state index contributed by atoms with van der Waals surface area (Å²) in [5, 5.41) is 0. The van der Waals surface area contributed by atoms with Crippen molar-refractivity contribution in [1.82, 2.24) is 4.72 Å². The van der Waals surface area contributed by atoms with Gasteiger partial charge in [-0.2, -0.15) is 0 Å². The molecule has 0 atom stereocenters. The number of benzene rings is 1. The number of nitrogens with one attached hydrogen (secondary N) is 1. The molecule has 1 rings (SSSR count). The fraction of sp³-hybridized carbons (Fsp3) is 0.538. The van der Waals surface area contributed by atoms with Gasteiger partial charge in [0.05, 0.1) is 4.90 Å². The molecule has 0 heterocycles. The molecule has 0 aliphatic carbocycles. The molecule has 1 aromatic rings. The quantitative estimate of drug-likeness (QED) is 0.829. The van der Waals surface area contributed by atoms with Gasteiger partial charge in [0, 0.05) is 17.1 Å². The standard InChI is InChI=1S/C13H21BrN2O2S/c1-4-11(5-2)16-19(17,18)12-7-10(8-15)6-9(3)13(12)14/h6-7,11,16H,4-5,8,15H2,1-3H3. The summed E-state index contributed by atoms with van der Waals surface area (Å²) in [6.07, 6.45) is 1.53. The molecule has 1 aromatic carbocycles. The van der Waals surface area contributed by atoms with Crippen LogP contribution >= 0.6 is 15.9 Å². The zero-order valence-electron chi connectivity index (χ0n) is 11.5. The summed E-state index contributed by atoms with van der Waals surface area (Å²) in [6, 6.07) is 3.47. The second-order valence-electron chi connectivity index (χ2n) is 4.56. The molecule has 0 saturated heterocycles. The zero-order valence-corrected chi connectivity index (χ0v) is 13.9. The first kappa shape index (κ1) is 16.6. The van der Waals surface area contributed by atoms with Crippen LogP contribution in [-0.2, 0) is 16.6 Å². The Hall–Kier alpha value is -0.430. The van der Waals surface area contributed by atoms with Gasteiger partial charge in [-0.3, -0.25) is 0 Å². The molecule has 19 heavy (non-hydrogen) atoms. The second kappa shape index (κ2) is 6.83. The fourth-order valence-electron chi connectivity index (χ4n) is 1.86. The van der Waals surface area contributed by atoms with Crippen LogP contribution in [0.5, 0.6) is 0 Å². The van der Waals surface area contributed by atoms with E-state index in [4.69, 9.17) is 5.73 Å². The molecule has 0 spiro atoms. The highest BCUT2D eigenvalue weighted by Crippen LogP contribution is 2.27. The first-order chi connectivity index (χ1) is 8.85. The number of nitrogens with two attached hydrogens (primary N) is 1. The van der Waals surface area contributed by atoms with Crippen molar-refractivity contribution in [3.8, 4) is 0 Å². The molecule has 0 bridgehead atoms. The topological polar surface area (TPSA) is 72.2 Å². The van der Waals surface area contributed by atoms with Gasteiger partial charge in [-0.15, -0.1) is 0 Å². The molecule has 0 unspecified atom stereocenters. The van der Waals surface area contributed by atoms with Gasteiger partial charge < -0.3 is 5.73 Å². The summed E-state index contributed by atoms with van der Waals surface area (Å²) in [4.78, 5) is 0.264. The van der Waals surface area contributed by atoms with Crippen molar-refractivity contribution in [3.63, 3.8) is 0 Å². The lowest BCUT2D eigenvalue weighted by molar-refractivity contribution is 0.529. The van der Waals surface area contributed by atoms with E-state index in [0.717, 1.165) is 24.0 Å². The van der Waals surface area contributed by atoms with Crippen LogP contribution in [0.15, 0.2) is 21.5 Å². The molecular weight excluding hydrogens is 328 g/mol. The van der Waals surface area contributed by atoms with Gasteiger partial charge in [-0.05, 0) is 52.9 Å². The van der Waals surface area contributed by atoms with Crippen LogP contribution in [0, 0.1) is 6.92 Å². The van der Waals surface area contributed by atoms with Crippen LogP contribution in [-0.4, -0.2) is 14.5 Å². The van der Waals surface area contributed by atoms with Gasteiger partial charge in [-0.25, -0.2) is 13.1 Å². The minimum Gasteiger partial charge on any atom is -0.326 e. The zero-order chi connectivity index (χ0) is 14.6. The number of aryl methyl sites for hydroxylation is 1. The SMILES string of the molecule is CCC(CC)NS(=O)(=O)c1cc(CN)cc(C)c1Br. The lowest BCUT2D eigenvalue weighted by Gasteiger charge is -2.17. The first-order valence-corrected chi connectivity index (χ1v) is 8.64. The minimum atomic E-state index is -3.52. The largest absolute Gasteiger partial charge is 0.326 e. The van der Waals surface area contributed by atoms with Crippen molar-refractivity contribution in [2.24, 2.45) is 5.73 Å². The summed E-state index contributed by atoms with van der Waals surface area (Å²) in [5.74, 6) is 0. The fourth-order valence-corrected chi connectivity index (χ4v) is 4.33. The van der Waals surface area contributed by atoms with Crippen LogP contribution in [0.3, 0.4) is 0 Å². The highest BCUT2D eigenvalue weighted by atomic mass is 79.9. The Bertz CT molecular complexity index is 540. The van der Waals surface area contributed by atoms with E-state index in [1.54, 1.807) is 6.07 Å². The molecule has 0 fully saturated rings. The van der Waals surface area contributed by atoms with E-state index in [1.807, 2.05) is 26.8 Å². The number of hydrogen-bond acceptors (Lipinski definition) is 3. The lowest BCUT2D eigenvalue weighted by Crippen LogP contribution is -2.34. The van der Waals surface area contributed by atoms with Crippen molar-refractivity contribution >= 4 is 26.0 Å². The number of rotatable bonds is 6. The Balaban J connectivity index is 3.24. The van der Waals surface area contributed by atoms with Gasteiger partial charge in [0.15, 0.2) is 0 Å². The number of hydrogen-bond donors (Lipinski definition) is 2. The molecule has 3 N–H and O–H groups in total. The monoisotopic (exact) mass is 348 g/mol. The van der Waals surface area contributed by atoms with E-state index in [2.05, 4.69) is 20.7 Å². The Kier molecular flexibility index (Phi) is 5.98. The number of sulfonamides is 1. The average molecular weight is 349 g/mol. The summed E-state index contributed by atoms with van der Waals surface area (Å²) in [5.41, 5.74) is 7.28. The number of halogens is 1. The maximum absolute atomic E-state index is 12.4. The Labute approximate surface area is 124 Å². The molecule has 0 radical (unpaired) electrons. The van der Waals surface area contributed by atoms with Crippen LogP contribution in [0.25, 0.3) is 0 Å². The smallest absolute Gasteiger partial charge is 0.241 e. The van der Waals surface area contributed by atoms with E-state index in [1.165, 1.54) is 0 Å².